The van der Waals surface area contributed by atoms with Crippen LogP contribution in [0, 0.1) is 10.1 Å². The summed E-state index contributed by atoms with van der Waals surface area (Å²) in [5, 5.41) is 13.8. The fourth-order valence-electron chi connectivity index (χ4n) is 1.89. The van der Waals surface area contributed by atoms with Gasteiger partial charge in [0.05, 0.1) is 11.5 Å². The lowest BCUT2D eigenvalue weighted by Gasteiger charge is -2.13. The second-order valence-corrected chi connectivity index (χ2v) is 4.54. The van der Waals surface area contributed by atoms with Gasteiger partial charge in [0, 0.05) is 17.7 Å². The molecule has 0 spiro atoms. The largest absolute Gasteiger partial charge is 0.487 e. The zero-order chi connectivity index (χ0) is 15.1. The molecule has 0 aliphatic rings. The van der Waals surface area contributed by atoms with E-state index >= 15 is 0 Å². The third-order valence-electron chi connectivity index (χ3n) is 2.82. The van der Waals surface area contributed by atoms with Gasteiger partial charge in [-0.05, 0) is 32.4 Å². The van der Waals surface area contributed by atoms with E-state index in [9.17, 15) is 14.9 Å². The van der Waals surface area contributed by atoms with E-state index in [0.717, 1.165) is 12.8 Å². The number of ether oxygens (including phenoxy) is 1. The molecule has 0 aliphatic carbocycles. The summed E-state index contributed by atoms with van der Waals surface area (Å²) in [6.07, 6.45) is 1.83. The van der Waals surface area contributed by atoms with Gasteiger partial charge in [-0.3, -0.25) is 14.9 Å². The van der Waals surface area contributed by atoms with E-state index in [0.29, 0.717) is 6.61 Å². The van der Waals surface area contributed by atoms with E-state index in [-0.39, 0.29) is 28.9 Å². The van der Waals surface area contributed by atoms with Gasteiger partial charge >= 0.3 is 5.69 Å². The van der Waals surface area contributed by atoms with Gasteiger partial charge in [0.15, 0.2) is 5.75 Å². The Kier molecular flexibility index (Phi) is 5.96. The fourth-order valence-corrected chi connectivity index (χ4v) is 1.89. The Labute approximate surface area is 118 Å². The topological polar surface area (TPSA) is 81.5 Å². The Bertz CT molecular complexity index is 488. The number of nitro groups is 1. The molecule has 6 heteroatoms. The molecule has 0 aliphatic heterocycles. The van der Waals surface area contributed by atoms with Gasteiger partial charge in [-0.2, -0.15) is 0 Å². The van der Waals surface area contributed by atoms with E-state index < -0.39 is 4.92 Å². The first-order valence-electron chi connectivity index (χ1n) is 6.71. The van der Waals surface area contributed by atoms with Crippen LogP contribution in [0.5, 0.6) is 5.75 Å². The first-order chi connectivity index (χ1) is 9.49. The molecule has 1 rings (SSSR count). The third-order valence-corrected chi connectivity index (χ3v) is 2.82. The van der Waals surface area contributed by atoms with Gasteiger partial charge in [0.25, 0.3) is 5.91 Å². The van der Waals surface area contributed by atoms with Crippen LogP contribution in [-0.4, -0.2) is 23.5 Å². The van der Waals surface area contributed by atoms with Crippen LogP contribution >= 0.6 is 0 Å². The van der Waals surface area contributed by atoms with Crippen LogP contribution in [0.15, 0.2) is 18.2 Å². The molecule has 0 saturated carbocycles. The molecule has 6 nitrogen and oxygen atoms in total. The zero-order valence-electron chi connectivity index (χ0n) is 12.0. The standard InChI is InChI=1S/C14H20N2O4/c1-4-6-10(3)15-14(17)11-7-8-13(20-5-2)12(9-11)16(18)19/h7-10H,4-6H2,1-3H3,(H,15,17). The minimum atomic E-state index is -0.544. The van der Waals surface area contributed by atoms with Crippen LogP contribution < -0.4 is 10.1 Å². The summed E-state index contributed by atoms with van der Waals surface area (Å²) in [5.74, 6) is -0.132. The van der Waals surface area contributed by atoms with Crippen molar-refractivity contribution in [1.29, 1.82) is 0 Å². The van der Waals surface area contributed by atoms with E-state index in [1.54, 1.807) is 6.92 Å². The number of benzene rings is 1. The van der Waals surface area contributed by atoms with Crippen LogP contribution in [0.2, 0.25) is 0 Å². The molecule has 110 valence electrons. The highest BCUT2D eigenvalue weighted by atomic mass is 16.6. The Morgan fingerprint density at radius 3 is 2.70 bits per heavy atom. The maximum atomic E-state index is 12.0. The first kappa shape index (κ1) is 15.9. The number of carbonyl (C=O) groups excluding carboxylic acids is 1. The van der Waals surface area contributed by atoms with Crippen LogP contribution in [-0.2, 0) is 0 Å². The number of hydrogen-bond donors (Lipinski definition) is 1. The fraction of sp³-hybridized carbons (Fsp3) is 0.500. The van der Waals surface area contributed by atoms with Gasteiger partial charge in [-0.25, -0.2) is 0 Å². The third kappa shape index (κ3) is 4.22. The average molecular weight is 280 g/mol. The monoisotopic (exact) mass is 280 g/mol. The molecule has 1 atom stereocenters. The number of carbonyl (C=O) groups is 1. The molecule has 1 unspecified atom stereocenters. The van der Waals surface area contributed by atoms with Crippen molar-refractivity contribution in [3.63, 3.8) is 0 Å². The second-order valence-electron chi connectivity index (χ2n) is 4.54. The molecule has 1 aromatic carbocycles. The molecule has 0 aromatic heterocycles. The SMILES string of the molecule is CCCC(C)NC(=O)c1ccc(OCC)c([N+](=O)[O-])c1. The number of nitro benzene ring substituents is 1. The maximum absolute atomic E-state index is 12.0. The summed E-state index contributed by atoms with van der Waals surface area (Å²) in [7, 11) is 0. The summed E-state index contributed by atoms with van der Waals surface area (Å²) in [6.45, 7) is 6.02. The van der Waals surface area contributed by atoms with Gasteiger partial charge in [-0.15, -0.1) is 0 Å². The lowest BCUT2D eigenvalue weighted by atomic mass is 10.1. The highest BCUT2D eigenvalue weighted by molar-refractivity contribution is 5.95. The summed E-state index contributed by atoms with van der Waals surface area (Å²) < 4.78 is 5.18. The van der Waals surface area contributed by atoms with Crippen LogP contribution in [0.4, 0.5) is 5.69 Å². The molecule has 0 radical (unpaired) electrons. The summed E-state index contributed by atoms with van der Waals surface area (Å²) in [6, 6.07) is 4.28. The summed E-state index contributed by atoms with van der Waals surface area (Å²) >= 11 is 0. The van der Waals surface area contributed by atoms with Crippen molar-refractivity contribution >= 4 is 11.6 Å². The van der Waals surface area contributed by atoms with Crippen LogP contribution in [0.1, 0.15) is 44.0 Å². The molecule has 1 amide bonds. The molecule has 1 N–H and O–H groups in total. The molecule has 0 saturated heterocycles. The number of nitrogens with one attached hydrogen (secondary N) is 1. The molecule has 0 bridgehead atoms. The molecular formula is C14H20N2O4. The van der Waals surface area contributed by atoms with Crippen molar-refractivity contribution in [1.82, 2.24) is 5.32 Å². The molecule has 0 heterocycles. The Hall–Kier alpha value is -2.11. The highest BCUT2D eigenvalue weighted by Crippen LogP contribution is 2.28. The minimum absolute atomic E-state index is 0.0399. The van der Waals surface area contributed by atoms with Crippen LogP contribution in [0.25, 0.3) is 0 Å². The second kappa shape index (κ2) is 7.47. The minimum Gasteiger partial charge on any atom is -0.487 e. The lowest BCUT2D eigenvalue weighted by Crippen LogP contribution is -2.32. The van der Waals surface area contributed by atoms with Crippen molar-refractivity contribution in [2.45, 2.75) is 39.7 Å². The maximum Gasteiger partial charge on any atom is 0.311 e. The summed E-state index contributed by atoms with van der Waals surface area (Å²) in [5.41, 5.74) is 0.0748. The van der Waals surface area contributed by atoms with E-state index in [1.807, 2.05) is 13.8 Å². The predicted octanol–water partition coefficient (Wildman–Crippen LogP) is 2.91. The van der Waals surface area contributed by atoms with Gasteiger partial charge in [0.1, 0.15) is 0 Å². The molecule has 20 heavy (non-hydrogen) atoms. The van der Waals surface area contributed by atoms with E-state index in [1.165, 1.54) is 18.2 Å². The molecule has 1 aromatic rings. The van der Waals surface area contributed by atoms with Gasteiger partial charge in [0.2, 0.25) is 0 Å². The van der Waals surface area contributed by atoms with E-state index in [2.05, 4.69) is 5.32 Å². The van der Waals surface area contributed by atoms with Crippen molar-refractivity contribution < 1.29 is 14.5 Å². The predicted molar refractivity (Wildman–Crippen MR) is 76.1 cm³/mol. The Morgan fingerprint density at radius 2 is 2.15 bits per heavy atom. The number of hydrogen-bond acceptors (Lipinski definition) is 4. The number of nitrogens with zero attached hydrogens (tertiary/aromatic N) is 1. The van der Waals surface area contributed by atoms with Crippen molar-refractivity contribution in [2.75, 3.05) is 6.61 Å². The van der Waals surface area contributed by atoms with Crippen molar-refractivity contribution in [2.24, 2.45) is 0 Å². The first-order valence-corrected chi connectivity index (χ1v) is 6.71. The highest BCUT2D eigenvalue weighted by Gasteiger charge is 2.19. The normalized spacial score (nSPS) is 11.8. The molecule has 0 fully saturated rings. The van der Waals surface area contributed by atoms with Gasteiger partial charge < -0.3 is 10.1 Å². The van der Waals surface area contributed by atoms with Gasteiger partial charge in [-0.1, -0.05) is 13.3 Å². The summed E-state index contributed by atoms with van der Waals surface area (Å²) in [4.78, 5) is 22.4. The lowest BCUT2D eigenvalue weighted by molar-refractivity contribution is -0.385. The Balaban J connectivity index is 2.93. The quantitative estimate of drug-likeness (QED) is 0.615. The average Bonchev–Trinajstić information content (AvgIpc) is 2.39. The zero-order valence-corrected chi connectivity index (χ0v) is 12.0. The van der Waals surface area contributed by atoms with Crippen molar-refractivity contribution in [3.8, 4) is 5.75 Å². The van der Waals surface area contributed by atoms with E-state index in [4.69, 9.17) is 4.74 Å². The molecular weight excluding hydrogens is 260 g/mol. The van der Waals surface area contributed by atoms with Crippen LogP contribution in [0.3, 0.4) is 0 Å². The number of rotatable bonds is 7. The smallest absolute Gasteiger partial charge is 0.311 e. The Morgan fingerprint density at radius 1 is 1.45 bits per heavy atom. The van der Waals surface area contributed by atoms with Crippen molar-refractivity contribution in [3.05, 3.63) is 33.9 Å². The number of amides is 1.